The zero-order valence-electron chi connectivity index (χ0n) is 9.63. The minimum Gasteiger partial charge on any atom is -0.389 e. The molecule has 0 aromatic rings. The highest BCUT2D eigenvalue weighted by molar-refractivity contribution is 4.86. The van der Waals surface area contributed by atoms with Crippen LogP contribution in [0.25, 0.3) is 0 Å². The van der Waals surface area contributed by atoms with Crippen molar-refractivity contribution in [2.24, 2.45) is 0 Å². The lowest BCUT2D eigenvalue weighted by molar-refractivity contribution is 0.0233. The molecular weight excluding hydrogens is 188 g/mol. The smallest absolute Gasteiger partial charge is 0.0771 e. The van der Waals surface area contributed by atoms with Gasteiger partial charge in [0, 0.05) is 12.6 Å². The molecule has 15 heavy (non-hydrogen) atoms. The lowest BCUT2D eigenvalue weighted by Crippen LogP contribution is -2.43. The summed E-state index contributed by atoms with van der Waals surface area (Å²) < 4.78 is 0. The van der Waals surface area contributed by atoms with E-state index >= 15 is 0 Å². The summed E-state index contributed by atoms with van der Waals surface area (Å²) in [6, 6.07) is 2.32. The van der Waals surface area contributed by atoms with E-state index < -0.39 is 5.60 Å². The molecular formula is C12H22N2O. The van der Waals surface area contributed by atoms with Crippen LogP contribution in [0.15, 0.2) is 0 Å². The maximum absolute atomic E-state index is 10.3. The normalized spacial score (nSPS) is 22.7. The van der Waals surface area contributed by atoms with E-state index in [1.54, 1.807) is 0 Å². The van der Waals surface area contributed by atoms with Crippen LogP contribution < -0.4 is 5.32 Å². The predicted octanol–water partition coefficient (Wildman–Crippen LogP) is 1.96. The van der Waals surface area contributed by atoms with Crippen molar-refractivity contribution in [1.29, 1.82) is 5.26 Å². The summed E-state index contributed by atoms with van der Waals surface area (Å²) in [7, 11) is 0. The van der Waals surface area contributed by atoms with E-state index in [0.29, 0.717) is 13.0 Å². The Bertz CT molecular complexity index is 214. The predicted molar refractivity (Wildman–Crippen MR) is 60.3 cm³/mol. The molecule has 1 fully saturated rings. The van der Waals surface area contributed by atoms with Gasteiger partial charge in [0.1, 0.15) is 0 Å². The lowest BCUT2D eigenvalue weighted by Gasteiger charge is -2.28. The number of nitrogens with zero attached hydrogens (tertiary/aromatic N) is 1. The molecule has 86 valence electrons. The van der Waals surface area contributed by atoms with Crippen molar-refractivity contribution in [2.75, 3.05) is 6.54 Å². The second-order valence-corrected chi connectivity index (χ2v) is 4.78. The fourth-order valence-electron chi connectivity index (χ4n) is 2.14. The number of nitrogens with one attached hydrogen (secondary N) is 1. The number of aliphatic hydroxyl groups is 1. The van der Waals surface area contributed by atoms with E-state index in [1.165, 1.54) is 12.8 Å². The van der Waals surface area contributed by atoms with Crippen molar-refractivity contribution in [3.63, 3.8) is 0 Å². The third kappa shape index (κ3) is 4.63. The molecule has 1 unspecified atom stereocenters. The minimum atomic E-state index is -0.528. The summed E-state index contributed by atoms with van der Waals surface area (Å²) >= 11 is 0. The van der Waals surface area contributed by atoms with Crippen LogP contribution in [0.3, 0.4) is 0 Å². The molecule has 0 radical (unpaired) electrons. The van der Waals surface area contributed by atoms with Crippen LogP contribution in [0.5, 0.6) is 0 Å². The molecule has 0 aromatic heterocycles. The number of hydrogen-bond donors (Lipinski definition) is 2. The molecule has 0 aliphatic heterocycles. The zero-order chi connectivity index (χ0) is 11.1. The minimum absolute atomic E-state index is 0.183. The largest absolute Gasteiger partial charge is 0.389 e. The number of nitriles is 1. The van der Waals surface area contributed by atoms with E-state index in [2.05, 4.69) is 11.4 Å². The van der Waals surface area contributed by atoms with Gasteiger partial charge in [0.15, 0.2) is 0 Å². The Morgan fingerprint density at radius 1 is 1.33 bits per heavy atom. The quantitative estimate of drug-likeness (QED) is 0.697. The Morgan fingerprint density at radius 2 is 1.93 bits per heavy atom. The second-order valence-electron chi connectivity index (χ2n) is 4.78. The fraction of sp³-hybridized carbons (Fsp3) is 0.917. The molecule has 0 bridgehead atoms. The summed E-state index contributed by atoms with van der Waals surface area (Å²) in [6.45, 7) is 2.62. The zero-order valence-corrected chi connectivity index (χ0v) is 9.63. The highest BCUT2D eigenvalue weighted by atomic mass is 16.3. The van der Waals surface area contributed by atoms with Crippen molar-refractivity contribution in [3.8, 4) is 6.07 Å². The number of hydrogen-bond acceptors (Lipinski definition) is 3. The van der Waals surface area contributed by atoms with E-state index in [1.807, 2.05) is 6.92 Å². The van der Waals surface area contributed by atoms with E-state index in [4.69, 9.17) is 5.26 Å². The summed E-state index contributed by atoms with van der Waals surface area (Å²) in [6.07, 6.45) is 7.07. The molecule has 3 nitrogen and oxygen atoms in total. The Kier molecular flexibility index (Phi) is 5.07. The van der Waals surface area contributed by atoms with Crippen LogP contribution >= 0.6 is 0 Å². The average molecular weight is 210 g/mol. The molecule has 0 saturated heterocycles. The van der Waals surface area contributed by atoms with E-state index in [0.717, 1.165) is 25.7 Å². The van der Waals surface area contributed by atoms with Gasteiger partial charge in [0.2, 0.25) is 0 Å². The van der Waals surface area contributed by atoms with Crippen molar-refractivity contribution < 1.29 is 5.11 Å². The Hall–Kier alpha value is -0.590. The van der Waals surface area contributed by atoms with Crippen LogP contribution in [0.4, 0.5) is 0 Å². The van der Waals surface area contributed by atoms with Crippen LogP contribution in [0, 0.1) is 11.3 Å². The fourth-order valence-corrected chi connectivity index (χ4v) is 2.14. The Balaban J connectivity index is 2.31. The summed E-state index contributed by atoms with van der Waals surface area (Å²) in [5, 5.41) is 22.1. The van der Waals surface area contributed by atoms with Gasteiger partial charge in [-0.1, -0.05) is 25.7 Å². The van der Waals surface area contributed by atoms with Gasteiger partial charge in [-0.3, -0.25) is 0 Å². The van der Waals surface area contributed by atoms with Crippen molar-refractivity contribution in [3.05, 3.63) is 0 Å². The van der Waals surface area contributed by atoms with Gasteiger partial charge in [-0.25, -0.2) is 0 Å². The van der Waals surface area contributed by atoms with E-state index in [9.17, 15) is 5.11 Å². The van der Waals surface area contributed by atoms with Gasteiger partial charge in [0.25, 0.3) is 0 Å². The Labute approximate surface area is 92.5 Å². The van der Waals surface area contributed by atoms with Gasteiger partial charge in [0.05, 0.1) is 18.1 Å². The van der Waals surface area contributed by atoms with Crippen molar-refractivity contribution in [1.82, 2.24) is 5.32 Å². The first kappa shape index (κ1) is 12.5. The third-order valence-electron chi connectivity index (χ3n) is 3.21. The molecule has 0 amide bonds. The standard InChI is InChI=1S/C12H22N2O/c1-11(6-9-13)14-10-12(15)7-4-2-3-5-8-12/h11,14-15H,2-8,10H2,1H3. The number of rotatable bonds is 4. The van der Waals surface area contributed by atoms with Crippen LogP contribution in [0.2, 0.25) is 0 Å². The maximum atomic E-state index is 10.3. The summed E-state index contributed by atoms with van der Waals surface area (Å²) in [5.41, 5.74) is -0.528. The van der Waals surface area contributed by atoms with Crippen LogP contribution in [0.1, 0.15) is 51.9 Å². The first-order chi connectivity index (χ1) is 7.16. The van der Waals surface area contributed by atoms with Gasteiger partial charge in [-0.15, -0.1) is 0 Å². The van der Waals surface area contributed by atoms with Gasteiger partial charge >= 0.3 is 0 Å². The molecule has 1 atom stereocenters. The van der Waals surface area contributed by atoms with Gasteiger partial charge in [-0.05, 0) is 19.8 Å². The molecule has 1 rings (SSSR count). The summed E-state index contributed by atoms with van der Waals surface area (Å²) in [5.74, 6) is 0. The third-order valence-corrected chi connectivity index (χ3v) is 3.21. The maximum Gasteiger partial charge on any atom is 0.0771 e. The van der Waals surface area contributed by atoms with Crippen molar-refractivity contribution >= 4 is 0 Å². The van der Waals surface area contributed by atoms with Gasteiger partial charge in [-0.2, -0.15) is 5.26 Å². The molecule has 0 aromatic carbocycles. The first-order valence-electron chi connectivity index (χ1n) is 5.99. The van der Waals surface area contributed by atoms with E-state index in [-0.39, 0.29) is 6.04 Å². The SMILES string of the molecule is CC(CC#N)NCC1(O)CCCCCC1. The Morgan fingerprint density at radius 3 is 2.47 bits per heavy atom. The molecule has 1 aliphatic rings. The van der Waals surface area contributed by atoms with Crippen LogP contribution in [-0.2, 0) is 0 Å². The molecule has 1 aliphatic carbocycles. The van der Waals surface area contributed by atoms with Gasteiger partial charge < -0.3 is 10.4 Å². The molecule has 2 N–H and O–H groups in total. The van der Waals surface area contributed by atoms with Crippen LogP contribution in [-0.4, -0.2) is 23.3 Å². The highest BCUT2D eigenvalue weighted by Gasteiger charge is 2.27. The summed E-state index contributed by atoms with van der Waals surface area (Å²) in [4.78, 5) is 0. The molecule has 0 heterocycles. The molecule has 0 spiro atoms. The monoisotopic (exact) mass is 210 g/mol. The highest BCUT2D eigenvalue weighted by Crippen LogP contribution is 2.26. The lowest BCUT2D eigenvalue weighted by atomic mass is 9.94. The average Bonchev–Trinajstić information content (AvgIpc) is 2.42. The van der Waals surface area contributed by atoms with Crippen molar-refractivity contribution in [2.45, 2.75) is 63.5 Å². The molecule has 3 heteroatoms. The second kappa shape index (κ2) is 6.09. The molecule has 1 saturated carbocycles. The topological polar surface area (TPSA) is 56.0 Å². The first-order valence-corrected chi connectivity index (χ1v) is 5.99.